The molecule has 1 amide bonds. The second-order valence-corrected chi connectivity index (χ2v) is 5.90. The molecule has 22 heavy (non-hydrogen) atoms. The molecule has 0 fully saturated rings. The number of aryl methyl sites for hydroxylation is 1. The largest absolute Gasteiger partial charge is 0.462 e. The molecule has 4 nitrogen and oxygen atoms in total. The molecule has 0 aliphatic carbocycles. The molecule has 5 heteroatoms. The molecule has 2 aromatic carbocycles. The lowest BCUT2D eigenvalue weighted by atomic mass is 10.1. The number of carbonyl (C=O) groups is 2. The van der Waals surface area contributed by atoms with Gasteiger partial charge < -0.3 is 10.1 Å². The number of carbonyl (C=O) groups excluding carboxylic acids is 2. The van der Waals surface area contributed by atoms with Gasteiger partial charge in [0.15, 0.2) is 0 Å². The van der Waals surface area contributed by atoms with Crippen LogP contribution >= 0.6 is 22.6 Å². The first kappa shape index (κ1) is 16.5. The smallest absolute Gasteiger partial charge is 0.338 e. The molecule has 2 rings (SSSR count). The van der Waals surface area contributed by atoms with Crippen LogP contribution in [-0.4, -0.2) is 18.5 Å². The van der Waals surface area contributed by atoms with Crippen molar-refractivity contribution in [2.45, 2.75) is 13.8 Å². The average Bonchev–Trinajstić information content (AvgIpc) is 2.48. The number of nitrogens with one attached hydrogen (secondary N) is 1. The molecule has 0 heterocycles. The Balaban J connectivity index is 2.10. The van der Waals surface area contributed by atoms with E-state index >= 15 is 0 Å². The molecular formula is C17H16INO3. The second kappa shape index (κ2) is 7.40. The molecule has 0 unspecified atom stereocenters. The van der Waals surface area contributed by atoms with Crippen LogP contribution in [0.2, 0.25) is 0 Å². The van der Waals surface area contributed by atoms with Crippen molar-refractivity contribution in [1.29, 1.82) is 0 Å². The highest BCUT2D eigenvalue weighted by atomic mass is 127. The van der Waals surface area contributed by atoms with E-state index in [0.29, 0.717) is 23.4 Å². The summed E-state index contributed by atoms with van der Waals surface area (Å²) >= 11 is 2.15. The molecule has 0 aliphatic heterocycles. The van der Waals surface area contributed by atoms with Crippen LogP contribution < -0.4 is 5.32 Å². The van der Waals surface area contributed by atoms with Crippen molar-refractivity contribution in [2.75, 3.05) is 11.9 Å². The first-order valence-electron chi connectivity index (χ1n) is 6.86. The zero-order valence-electron chi connectivity index (χ0n) is 12.4. The highest BCUT2D eigenvalue weighted by Crippen LogP contribution is 2.17. The van der Waals surface area contributed by atoms with Crippen LogP contribution in [0, 0.1) is 10.5 Å². The average molecular weight is 409 g/mol. The predicted octanol–water partition coefficient (Wildman–Crippen LogP) is 4.03. The van der Waals surface area contributed by atoms with E-state index < -0.39 is 0 Å². The van der Waals surface area contributed by atoms with Gasteiger partial charge in [0.2, 0.25) is 0 Å². The van der Waals surface area contributed by atoms with Crippen LogP contribution in [0.25, 0.3) is 0 Å². The van der Waals surface area contributed by atoms with Crippen molar-refractivity contribution in [1.82, 2.24) is 0 Å². The number of rotatable bonds is 4. The normalized spacial score (nSPS) is 10.1. The van der Waals surface area contributed by atoms with Gasteiger partial charge >= 0.3 is 5.97 Å². The minimum atomic E-state index is -0.367. The minimum Gasteiger partial charge on any atom is -0.462 e. The maximum absolute atomic E-state index is 12.3. The number of esters is 1. The zero-order chi connectivity index (χ0) is 16.1. The van der Waals surface area contributed by atoms with Crippen molar-refractivity contribution < 1.29 is 14.3 Å². The van der Waals surface area contributed by atoms with Crippen molar-refractivity contribution >= 4 is 40.2 Å². The summed E-state index contributed by atoms with van der Waals surface area (Å²) in [4.78, 5) is 23.8. The molecule has 0 aliphatic rings. The van der Waals surface area contributed by atoms with E-state index in [1.807, 2.05) is 19.1 Å². The van der Waals surface area contributed by atoms with Crippen LogP contribution in [0.4, 0.5) is 5.69 Å². The van der Waals surface area contributed by atoms with Gasteiger partial charge in [-0.25, -0.2) is 4.79 Å². The Kier molecular flexibility index (Phi) is 5.54. The lowest BCUT2D eigenvalue weighted by Gasteiger charge is -2.08. The molecule has 0 saturated carbocycles. The Morgan fingerprint density at radius 1 is 1.14 bits per heavy atom. The third kappa shape index (κ3) is 4.07. The molecule has 0 radical (unpaired) electrons. The Morgan fingerprint density at radius 2 is 1.82 bits per heavy atom. The fourth-order valence-corrected chi connectivity index (χ4v) is 2.82. The monoisotopic (exact) mass is 409 g/mol. The lowest BCUT2D eigenvalue weighted by molar-refractivity contribution is 0.0526. The van der Waals surface area contributed by atoms with Gasteiger partial charge in [-0.1, -0.05) is 11.6 Å². The van der Waals surface area contributed by atoms with Gasteiger partial charge in [-0.2, -0.15) is 0 Å². The van der Waals surface area contributed by atoms with Gasteiger partial charge in [0.1, 0.15) is 0 Å². The van der Waals surface area contributed by atoms with E-state index in [1.165, 1.54) is 0 Å². The summed E-state index contributed by atoms with van der Waals surface area (Å²) in [5, 5.41) is 2.82. The Labute approximate surface area is 143 Å². The molecule has 114 valence electrons. The van der Waals surface area contributed by atoms with E-state index in [4.69, 9.17) is 4.74 Å². The van der Waals surface area contributed by atoms with Crippen molar-refractivity contribution in [2.24, 2.45) is 0 Å². The molecule has 0 aromatic heterocycles. The molecule has 1 N–H and O–H groups in total. The third-order valence-electron chi connectivity index (χ3n) is 3.02. The van der Waals surface area contributed by atoms with Gasteiger partial charge in [0, 0.05) is 9.26 Å². The van der Waals surface area contributed by atoms with Crippen LogP contribution in [0.5, 0.6) is 0 Å². The molecular weight excluding hydrogens is 393 g/mol. The number of amides is 1. The number of anilines is 1. The Hall–Kier alpha value is -1.89. The zero-order valence-corrected chi connectivity index (χ0v) is 14.5. The van der Waals surface area contributed by atoms with Crippen LogP contribution in [0.3, 0.4) is 0 Å². The Morgan fingerprint density at radius 3 is 2.41 bits per heavy atom. The quantitative estimate of drug-likeness (QED) is 0.613. The molecule has 0 bridgehead atoms. The highest BCUT2D eigenvalue weighted by Gasteiger charge is 2.11. The summed E-state index contributed by atoms with van der Waals surface area (Å²) in [5.41, 5.74) is 2.83. The summed E-state index contributed by atoms with van der Waals surface area (Å²) in [6.07, 6.45) is 0. The minimum absolute atomic E-state index is 0.173. The summed E-state index contributed by atoms with van der Waals surface area (Å²) in [7, 11) is 0. The van der Waals surface area contributed by atoms with Crippen LogP contribution in [0.15, 0.2) is 42.5 Å². The summed E-state index contributed by atoms with van der Waals surface area (Å²) in [6.45, 7) is 4.08. The van der Waals surface area contributed by atoms with E-state index in [1.54, 1.807) is 37.3 Å². The van der Waals surface area contributed by atoms with Crippen molar-refractivity contribution in [3.05, 3.63) is 62.7 Å². The summed E-state index contributed by atoms with van der Waals surface area (Å²) < 4.78 is 5.82. The highest BCUT2D eigenvalue weighted by molar-refractivity contribution is 14.1. The fourth-order valence-electron chi connectivity index (χ4n) is 1.91. The molecule has 0 saturated heterocycles. The van der Waals surface area contributed by atoms with Crippen LogP contribution in [0.1, 0.15) is 33.2 Å². The lowest BCUT2D eigenvalue weighted by Crippen LogP contribution is -2.13. The van der Waals surface area contributed by atoms with E-state index in [0.717, 1.165) is 9.13 Å². The van der Waals surface area contributed by atoms with E-state index in [9.17, 15) is 9.59 Å². The Bertz CT molecular complexity index is 696. The maximum Gasteiger partial charge on any atom is 0.338 e. The topological polar surface area (TPSA) is 55.4 Å². The first-order valence-corrected chi connectivity index (χ1v) is 7.94. The van der Waals surface area contributed by atoms with Gasteiger partial charge in [0.25, 0.3) is 5.91 Å². The number of ether oxygens (including phenoxy) is 1. The summed E-state index contributed by atoms with van der Waals surface area (Å²) in [5.74, 6) is -0.540. The van der Waals surface area contributed by atoms with Gasteiger partial charge in [0.05, 0.1) is 17.7 Å². The first-order chi connectivity index (χ1) is 10.5. The number of benzene rings is 2. The number of hydrogen-bond donors (Lipinski definition) is 1. The SMILES string of the molecule is CCOC(=O)c1ccc(NC(=O)c2ccc(C)cc2I)cc1. The fraction of sp³-hybridized carbons (Fsp3) is 0.176. The van der Waals surface area contributed by atoms with Crippen LogP contribution in [-0.2, 0) is 4.74 Å². The van der Waals surface area contributed by atoms with Gasteiger partial charge in [-0.3, -0.25) is 4.79 Å². The molecule has 0 spiro atoms. The van der Waals surface area contributed by atoms with Crippen molar-refractivity contribution in [3.63, 3.8) is 0 Å². The van der Waals surface area contributed by atoms with E-state index in [-0.39, 0.29) is 11.9 Å². The third-order valence-corrected chi connectivity index (χ3v) is 3.92. The number of halogens is 1. The van der Waals surface area contributed by atoms with Gasteiger partial charge in [-0.05, 0) is 72.8 Å². The standard InChI is InChI=1S/C17H16INO3/c1-3-22-17(21)12-5-7-13(8-6-12)19-16(20)14-9-4-11(2)10-15(14)18/h4-10H,3H2,1-2H3,(H,19,20). The van der Waals surface area contributed by atoms with E-state index in [2.05, 4.69) is 27.9 Å². The molecule has 2 aromatic rings. The molecule has 0 atom stereocenters. The number of hydrogen-bond acceptors (Lipinski definition) is 3. The summed E-state index contributed by atoms with van der Waals surface area (Å²) in [6, 6.07) is 12.3. The van der Waals surface area contributed by atoms with Crippen molar-refractivity contribution in [3.8, 4) is 0 Å². The predicted molar refractivity (Wildman–Crippen MR) is 94.2 cm³/mol. The second-order valence-electron chi connectivity index (χ2n) is 4.74. The maximum atomic E-state index is 12.3. The van der Waals surface area contributed by atoms with Gasteiger partial charge in [-0.15, -0.1) is 0 Å².